The Labute approximate surface area is 457 Å². The van der Waals surface area contributed by atoms with Gasteiger partial charge in [0.1, 0.15) is 0 Å². The van der Waals surface area contributed by atoms with Gasteiger partial charge in [-0.1, -0.05) is 193 Å². The van der Waals surface area contributed by atoms with E-state index in [2.05, 4.69) is 181 Å². The normalized spacial score (nSPS) is 10.5. The Morgan fingerprint density at radius 2 is 0.410 bits per heavy atom. The molecular formula is C78H42. The van der Waals surface area contributed by atoms with Crippen LogP contribution in [0.4, 0.5) is 0 Å². The lowest BCUT2D eigenvalue weighted by atomic mass is 9.82. The van der Waals surface area contributed by atoms with Gasteiger partial charge in [-0.3, -0.25) is 0 Å². The summed E-state index contributed by atoms with van der Waals surface area (Å²) in [6.45, 7) is 0. The molecular weight excluding hydrogens is 937 g/mol. The number of hydrogen-bond donors (Lipinski definition) is 0. The van der Waals surface area contributed by atoms with E-state index in [4.69, 9.17) is 51.4 Å². The Morgan fingerprint density at radius 1 is 0.179 bits per heavy atom. The zero-order chi connectivity index (χ0) is 53.9. The van der Waals surface area contributed by atoms with Crippen molar-refractivity contribution in [2.45, 2.75) is 0 Å². The topological polar surface area (TPSA) is 0 Å². The largest absolute Gasteiger partial charge is 0.115 e. The van der Waals surface area contributed by atoms with Crippen molar-refractivity contribution >= 4 is 21.5 Å². The maximum atomic E-state index is 6.05. The molecule has 0 N–H and O–H groups in total. The third-order valence-electron chi connectivity index (χ3n) is 14.5. The molecule has 78 heavy (non-hydrogen) atoms. The number of rotatable bonds is 8. The van der Waals surface area contributed by atoms with Gasteiger partial charge in [0.15, 0.2) is 0 Å². The zero-order valence-electron chi connectivity index (χ0n) is 42.2. The van der Waals surface area contributed by atoms with Gasteiger partial charge in [-0.25, -0.2) is 0 Å². The highest BCUT2D eigenvalue weighted by Gasteiger charge is 2.22. The lowest BCUT2D eigenvalue weighted by Crippen LogP contribution is -1.95. The molecule has 0 aliphatic rings. The third-order valence-corrected chi connectivity index (χ3v) is 14.5. The fraction of sp³-hybridized carbons (Fsp3) is 0. The molecule has 11 aromatic carbocycles. The zero-order valence-corrected chi connectivity index (χ0v) is 42.2. The first-order valence-electron chi connectivity index (χ1n) is 25.0. The maximum absolute atomic E-state index is 6.05. The Morgan fingerprint density at radius 3 is 0.654 bits per heavy atom. The van der Waals surface area contributed by atoms with Gasteiger partial charge < -0.3 is 0 Å². The van der Waals surface area contributed by atoms with E-state index >= 15 is 0 Å². The van der Waals surface area contributed by atoms with Crippen LogP contribution in [0, 0.1) is 98.8 Å². The van der Waals surface area contributed by atoms with Crippen molar-refractivity contribution in [1.82, 2.24) is 0 Å². The molecule has 0 heteroatoms. The fourth-order valence-corrected chi connectivity index (χ4v) is 10.9. The highest BCUT2D eigenvalue weighted by molar-refractivity contribution is 6.22. The minimum Gasteiger partial charge on any atom is -0.115 e. The molecule has 0 fully saturated rings. The van der Waals surface area contributed by atoms with Gasteiger partial charge in [0.05, 0.1) is 0 Å². The molecule has 0 bridgehead atoms. The van der Waals surface area contributed by atoms with Gasteiger partial charge >= 0.3 is 0 Å². The number of terminal acetylenes is 8. The second-order valence-corrected chi connectivity index (χ2v) is 18.7. The van der Waals surface area contributed by atoms with Crippen LogP contribution in [-0.4, -0.2) is 0 Å². The molecule has 0 saturated carbocycles. The average molecular weight is 979 g/mol. The molecule has 0 spiro atoms. The van der Waals surface area contributed by atoms with E-state index in [9.17, 15) is 0 Å². The quantitative estimate of drug-likeness (QED) is 0.105. The van der Waals surface area contributed by atoms with Gasteiger partial charge in [0.25, 0.3) is 0 Å². The van der Waals surface area contributed by atoms with Crippen LogP contribution in [-0.2, 0) is 0 Å². The van der Waals surface area contributed by atoms with E-state index in [-0.39, 0.29) is 0 Å². The molecule has 0 unspecified atom stereocenters. The monoisotopic (exact) mass is 978 g/mol. The maximum Gasteiger partial charge on any atom is 0.0405 e. The van der Waals surface area contributed by atoms with Crippen molar-refractivity contribution in [3.8, 4) is 188 Å². The van der Waals surface area contributed by atoms with Crippen molar-refractivity contribution in [2.24, 2.45) is 0 Å². The molecule has 0 radical (unpaired) electrons. The van der Waals surface area contributed by atoms with Crippen LogP contribution >= 0.6 is 0 Å². The predicted octanol–water partition coefficient (Wildman–Crippen LogP) is 17.2. The molecule has 0 aliphatic heterocycles. The first kappa shape index (κ1) is 48.7. The standard InChI is InChI=1S/C78H42/c1-9-51-37-41-59(45-55(51)13-5)67-33-23-34-68(60-42-38-52(10-2)56(14-6)46-60)75(67)63-25-21-27-65(49-63)77-71-29-17-19-31-73(71)78(74-32-20-18-30-72(74)77)66-28-22-26-64(50-66)76-69(61-43-39-53(11-3)57(15-7)47-61)35-24-36-70(76)62-44-40-54(12-4)58(16-8)48-62/h1-8,17-50H. The summed E-state index contributed by atoms with van der Waals surface area (Å²) >= 11 is 0. The molecule has 0 atom stereocenters. The first-order valence-corrected chi connectivity index (χ1v) is 25.0. The average Bonchev–Trinajstić information content (AvgIpc) is 3.51. The van der Waals surface area contributed by atoms with Gasteiger partial charge in [-0.15, -0.1) is 51.4 Å². The second-order valence-electron chi connectivity index (χ2n) is 18.7. The van der Waals surface area contributed by atoms with Crippen molar-refractivity contribution < 1.29 is 0 Å². The van der Waals surface area contributed by atoms with Crippen molar-refractivity contribution in [1.29, 1.82) is 0 Å². The molecule has 11 rings (SSSR count). The molecule has 0 aromatic heterocycles. The number of fused-ring (bicyclic) bond motifs is 2. The van der Waals surface area contributed by atoms with E-state index in [0.717, 1.165) is 111 Å². The van der Waals surface area contributed by atoms with Gasteiger partial charge in [0, 0.05) is 44.5 Å². The summed E-state index contributed by atoms with van der Waals surface area (Å²) in [6.07, 6.45) is 47.8. The van der Waals surface area contributed by atoms with E-state index in [1.165, 1.54) is 0 Å². The van der Waals surface area contributed by atoms with Crippen LogP contribution in [0.1, 0.15) is 44.5 Å². The Kier molecular flexibility index (Phi) is 12.9. The van der Waals surface area contributed by atoms with E-state index in [1.807, 2.05) is 72.8 Å². The Hall–Kier alpha value is -11.6. The van der Waals surface area contributed by atoms with Crippen LogP contribution in [0.15, 0.2) is 206 Å². The third kappa shape index (κ3) is 8.52. The predicted molar refractivity (Wildman–Crippen MR) is 328 cm³/mol. The summed E-state index contributed by atoms with van der Waals surface area (Å²) in [4.78, 5) is 0. The molecule has 354 valence electrons. The lowest BCUT2D eigenvalue weighted by molar-refractivity contribution is 1.52. The van der Waals surface area contributed by atoms with Crippen LogP contribution < -0.4 is 0 Å². The molecule has 0 amide bonds. The number of benzene rings is 11. The second kappa shape index (κ2) is 20.7. The summed E-state index contributed by atoms with van der Waals surface area (Å²) in [5, 5.41) is 4.39. The number of hydrogen-bond acceptors (Lipinski definition) is 0. The van der Waals surface area contributed by atoms with Crippen molar-refractivity contribution in [3.05, 3.63) is 251 Å². The molecule has 0 aliphatic carbocycles. The Bertz CT molecular complexity index is 4150. The van der Waals surface area contributed by atoms with E-state index < -0.39 is 0 Å². The minimum atomic E-state index is 0.643. The van der Waals surface area contributed by atoms with Gasteiger partial charge in [0.2, 0.25) is 0 Å². The Balaban J connectivity index is 1.13. The highest BCUT2D eigenvalue weighted by Crippen LogP contribution is 2.48. The summed E-state index contributed by atoms with van der Waals surface area (Å²) < 4.78 is 0. The van der Waals surface area contributed by atoms with Gasteiger partial charge in [-0.05, 0) is 171 Å². The van der Waals surface area contributed by atoms with E-state index in [1.54, 1.807) is 0 Å². The first-order chi connectivity index (χ1) is 38.3. The SMILES string of the molecule is C#Cc1ccc(-c2cccc(-c3ccc(C#C)c(C#C)c3)c2-c2cccc(-c3c4ccccc4c(-c4cccc(-c5c(-c6ccc(C#C)c(C#C)c6)cccc5-c5ccc(C#C)c(C#C)c5)c4)c4ccccc34)c2)cc1C#C. The fourth-order valence-electron chi connectivity index (χ4n) is 10.9. The summed E-state index contributed by atoms with van der Waals surface area (Å²) in [5.41, 5.74) is 21.1. The highest BCUT2D eigenvalue weighted by atomic mass is 14.3. The summed E-state index contributed by atoms with van der Waals surface area (Å²) in [6, 6.07) is 71.2. The van der Waals surface area contributed by atoms with Crippen LogP contribution in [0.25, 0.3) is 111 Å². The van der Waals surface area contributed by atoms with Crippen LogP contribution in [0.3, 0.4) is 0 Å². The van der Waals surface area contributed by atoms with E-state index in [0.29, 0.717) is 44.5 Å². The molecule has 11 aromatic rings. The van der Waals surface area contributed by atoms with Crippen molar-refractivity contribution in [2.75, 3.05) is 0 Å². The van der Waals surface area contributed by atoms with Crippen molar-refractivity contribution in [3.63, 3.8) is 0 Å². The minimum absolute atomic E-state index is 0.643. The van der Waals surface area contributed by atoms with Crippen LogP contribution in [0.2, 0.25) is 0 Å². The summed E-state index contributed by atoms with van der Waals surface area (Å²) in [7, 11) is 0. The molecule has 0 saturated heterocycles. The smallest absolute Gasteiger partial charge is 0.0405 e. The summed E-state index contributed by atoms with van der Waals surface area (Å²) in [5.74, 6) is 22.2. The lowest BCUT2D eigenvalue weighted by Gasteiger charge is -2.21. The van der Waals surface area contributed by atoms with Gasteiger partial charge in [-0.2, -0.15) is 0 Å². The molecule has 0 heterocycles. The molecule has 0 nitrogen and oxygen atoms in total. The van der Waals surface area contributed by atoms with Crippen LogP contribution in [0.5, 0.6) is 0 Å².